The Bertz CT molecular complexity index is 711. The second-order valence-electron chi connectivity index (χ2n) is 6.70. The molecule has 8 heteroatoms. The summed E-state index contributed by atoms with van der Waals surface area (Å²) in [6.07, 6.45) is 2.85. The van der Waals surface area contributed by atoms with Crippen LogP contribution in [0.1, 0.15) is 31.2 Å². The zero-order chi connectivity index (χ0) is 18.7. The second-order valence-corrected chi connectivity index (χ2v) is 7.56. The number of rotatable bonds is 5. The van der Waals surface area contributed by atoms with Crippen molar-refractivity contribution in [1.82, 2.24) is 15.5 Å². The molecule has 0 radical (unpaired) electrons. The highest BCUT2D eigenvalue weighted by atomic mass is 79.9. The summed E-state index contributed by atoms with van der Waals surface area (Å²) in [6, 6.07) is 6.70. The van der Waals surface area contributed by atoms with Gasteiger partial charge in [0, 0.05) is 17.1 Å². The van der Waals surface area contributed by atoms with Gasteiger partial charge in [0.15, 0.2) is 0 Å². The third-order valence-electron chi connectivity index (χ3n) is 5.08. The van der Waals surface area contributed by atoms with Crippen LogP contribution in [0.3, 0.4) is 0 Å². The quantitative estimate of drug-likeness (QED) is 0.647. The number of carbonyl (C=O) groups is 3. The van der Waals surface area contributed by atoms with E-state index in [2.05, 4.69) is 26.6 Å². The lowest BCUT2D eigenvalue weighted by molar-refractivity contribution is -0.146. The first-order valence-electron chi connectivity index (χ1n) is 8.84. The molecule has 2 heterocycles. The van der Waals surface area contributed by atoms with E-state index < -0.39 is 12.1 Å². The van der Waals surface area contributed by atoms with Gasteiger partial charge in [-0.25, -0.2) is 0 Å². The second kappa shape index (κ2) is 8.18. The van der Waals surface area contributed by atoms with Crippen molar-refractivity contribution in [3.05, 3.63) is 34.3 Å². The Kier molecular flexibility index (Phi) is 5.93. The molecule has 2 aliphatic heterocycles. The molecule has 26 heavy (non-hydrogen) atoms. The standard InChI is InChI=1S/C18H23BrN4O3/c19-13-4-2-1-3-11(13)10-21-17(25)15-8-6-12-5-7-14(18(26)23(12)15)22-16(24)9-20/h1-4,12,14-15H,5-10,20H2,(H,21,25)(H,22,24)/t12?,14?,15-/m0/s1. The molecule has 140 valence electrons. The fourth-order valence-electron chi connectivity index (χ4n) is 3.75. The molecule has 2 saturated heterocycles. The van der Waals surface area contributed by atoms with Crippen LogP contribution in [0.15, 0.2) is 28.7 Å². The first-order chi connectivity index (χ1) is 12.5. The van der Waals surface area contributed by atoms with Crippen molar-refractivity contribution < 1.29 is 14.4 Å². The highest BCUT2D eigenvalue weighted by Crippen LogP contribution is 2.32. The smallest absolute Gasteiger partial charge is 0.246 e. The zero-order valence-electron chi connectivity index (χ0n) is 14.4. The monoisotopic (exact) mass is 422 g/mol. The van der Waals surface area contributed by atoms with Gasteiger partial charge in [0.2, 0.25) is 17.7 Å². The normalized spacial score (nSPS) is 24.9. The maximum absolute atomic E-state index is 12.8. The molecule has 3 atom stereocenters. The third kappa shape index (κ3) is 3.91. The molecular weight excluding hydrogens is 400 g/mol. The van der Waals surface area contributed by atoms with E-state index in [1.807, 2.05) is 24.3 Å². The Balaban J connectivity index is 1.64. The number of benzene rings is 1. The van der Waals surface area contributed by atoms with Crippen molar-refractivity contribution in [2.75, 3.05) is 6.54 Å². The van der Waals surface area contributed by atoms with Crippen LogP contribution < -0.4 is 16.4 Å². The molecule has 1 aromatic carbocycles. The van der Waals surface area contributed by atoms with Gasteiger partial charge in [-0.15, -0.1) is 0 Å². The van der Waals surface area contributed by atoms with E-state index in [9.17, 15) is 14.4 Å². The largest absolute Gasteiger partial charge is 0.350 e. The van der Waals surface area contributed by atoms with E-state index in [-0.39, 0.29) is 30.3 Å². The fraction of sp³-hybridized carbons (Fsp3) is 0.500. The number of piperidine rings is 1. The Hall–Kier alpha value is -1.93. The van der Waals surface area contributed by atoms with Crippen LogP contribution in [0.5, 0.6) is 0 Å². The molecule has 0 spiro atoms. The van der Waals surface area contributed by atoms with Crippen LogP contribution in [0.25, 0.3) is 0 Å². The summed E-state index contributed by atoms with van der Waals surface area (Å²) in [5.41, 5.74) is 6.30. The summed E-state index contributed by atoms with van der Waals surface area (Å²) in [5.74, 6) is -0.681. The summed E-state index contributed by atoms with van der Waals surface area (Å²) in [4.78, 5) is 38.7. The average Bonchev–Trinajstić information content (AvgIpc) is 3.08. The first-order valence-corrected chi connectivity index (χ1v) is 9.63. The van der Waals surface area contributed by atoms with Gasteiger partial charge >= 0.3 is 0 Å². The predicted octanol–water partition coefficient (Wildman–Crippen LogP) is 0.662. The van der Waals surface area contributed by atoms with Gasteiger partial charge in [-0.05, 0) is 37.3 Å². The molecule has 0 aromatic heterocycles. The van der Waals surface area contributed by atoms with E-state index in [0.29, 0.717) is 19.4 Å². The minimum absolute atomic E-state index is 0.0766. The molecule has 1 aromatic rings. The fourth-order valence-corrected chi connectivity index (χ4v) is 4.17. The van der Waals surface area contributed by atoms with Crippen molar-refractivity contribution in [3.8, 4) is 0 Å². The summed E-state index contributed by atoms with van der Waals surface area (Å²) >= 11 is 3.47. The molecule has 3 amide bonds. The zero-order valence-corrected chi connectivity index (χ0v) is 16.0. The van der Waals surface area contributed by atoms with Crippen molar-refractivity contribution in [2.45, 2.75) is 50.4 Å². The van der Waals surface area contributed by atoms with Crippen molar-refractivity contribution in [2.24, 2.45) is 5.73 Å². The van der Waals surface area contributed by atoms with E-state index in [1.54, 1.807) is 4.90 Å². The molecule has 0 aliphatic carbocycles. The van der Waals surface area contributed by atoms with Gasteiger partial charge in [0.25, 0.3) is 0 Å². The van der Waals surface area contributed by atoms with Crippen LogP contribution in [0.2, 0.25) is 0 Å². The Morgan fingerprint density at radius 2 is 1.92 bits per heavy atom. The highest BCUT2D eigenvalue weighted by molar-refractivity contribution is 9.10. The molecule has 0 saturated carbocycles. The van der Waals surface area contributed by atoms with Gasteiger partial charge in [0.05, 0.1) is 6.54 Å². The summed E-state index contributed by atoms with van der Waals surface area (Å²) < 4.78 is 0.934. The summed E-state index contributed by atoms with van der Waals surface area (Å²) in [7, 11) is 0. The molecule has 7 nitrogen and oxygen atoms in total. The molecule has 0 bridgehead atoms. The van der Waals surface area contributed by atoms with E-state index in [0.717, 1.165) is 22.9 Å². The Morgan fingerprint density at radius 3 is 2.65 bits per heavy atom. The van der Waals surface area contributed by atoms with Crippen LogP contribution in [-0.2, 0) is 20.9 Å². The number of nitrogens with two attached hydrogens (primary N) is 1. The minimum Gasteiger partial charge on any atom is -0.350 e. The van der Waals surface area contributed by atoms with Crippen LogP contribution >= 0.6 is 15.9 Å². The Labute approximate surface area is 160 Å². The van der Waals surface area contributed by atoms with E-state index in [4.69, 9.17) is 5.73 Å². The lowest BCUT2D eigenvalue weighted by Gasteiger charge is -2.37. The maximum Gasteiger partial charge on any atom is 0.246 e. The van der Waals surface area contributed by atoms with Crippen LogP contribution in [0.4, 0.5) is 0 Å². The van der Waals surface area contributed by atoms with Gasteiger partial charge in [-0.3, -0.25) is 14.4 Å². The number of nitrogens with zero attached hydrogens (tertiary/aromatic N) is 1. The highest BCUT2D eigenvalue weighted by Gasteiger charge is 2.46. The molecule has 2 unspecified atom stereocenters. The number of halogens is 1. The number of hydrogen-bond donors (Lipinski definition) is 3. The van der Waals surface area contributed by atoms with Gasteiger partial charge in [-0.1, -0.05) is 34.1 Å². The third-order valence-corrected chi connectivity index (χ3v) is 5.85. The molecule has 4 N–H and O–H groups in total. The molecule has 2 aliphatic rings. The lowest BCUT2D eigenvalue weighted by Crippen LogP contribution is -2.59. The predicted molar refractivity (Wildman–Crippen MR) is 99.9 cm³/mol. The van der Waals surface area contributed by atoms with Crippen molar-refractivity contribution in [3.63, 3.8) is 0 Å². The van der Waals surface area contributed by atoms with Gasteiger partial charge < -0.3 is 21.3 Å². The van der Waals surface area contributed by atoms with Crippen LogP contribution in [0, 0.1) is 0 Å². The topological polar surface area (TPSA) is 105 Å². The van der Waals surface area contributed by atoms with Crippen molar-refractivity contribution in [1.29, 1.82) is 0 Å². The maximum atomic E-state index is 12.8. The molecule has 3 rings (SSSR count). The van der Waals surface area contributed by atoms with E-state index in [1.165, 1.54) is 0 Å². The van der Waals surface area contributed by atoms with E-state index >= 15 is 0 Å². The lowest BCUT2D eigenvalue weighted by atomic mass is 9.98. The summed E-state index contributed by atoms with van der Waals surface area (Å²) in [5, 5.41) is 5.59. The SMILES string of the molecule is NCC(=O)NC1CCC2CC[C@@H](C(=O)NCc3ccccc3Br)N2C1=O. The number of carbonyl (C=O) groups excluding carboxylic acids is 3. The Morgan fingerprint density at radius 1 is 1.19 bits per heavy atom. The molecular formula is C18H23BrN4O3. The van der Waals surface area contributed by atoms with Crippen LogP contribution in [-0.4, -0.2) is 47.3 Å². The summed E-state index contributed by atoms with van der Waals surface area (Å²) in [6.45, 7) is 0.250. The first kappa shape index (κ1) is 18.8. The number of amides is 3. The number of fused-ring (bicyclic) bond motifs is 1. The number of hydrogen-bond acceptors (Lipinski definition) is 4. The minimum atomic E-state index is -0.584. The van der Waals surface area contributed by atoms with Gasteiger partial charge in [0.1, 0.15) is 12.1 Å². The van der Waals surface area contributed by atoms with Gasteiger partial charge in [-0.2, -0.15) is 0 Å². The van der Waals surface area contributed by atoms with Crippen molar-refractivity contribution >= 4 is 33.7 Å². The average molecular weight is 423 g/mol. The molecule has 2 fully saturated rings. The number of nitrogens with one attached hydrogen (secondary N) is 2.